The summed E-state index contributed by atoms with van der Waals surface area (Å²) >= 11 is 0. The lowest BCUT2D eigenvalue weighted by atomic mass is 10.1. The maximum atomic E-state index is 10.7. The van der Waals surface area contributed by atoms with Gasteiger partial charge in [-0.1, -0.05) is 30.3 Å². The topological polar surface area (TPSA) is 92.0 Å². The molecule has 6 heteroatoms. The Morgan fingerprint density at radius 3 is 2.76 bits per heavy atom. The zero-order valence-electron chi connectivity index (χ0n) is 8.91. The predicted molar refractivity (Wildman–Crippen MR) is 60.3 cm³/mol. The molecule has 1 atom stereocenters. The molecule has 0 aliphatic heterocycles. The Balaban J connectivity index is 2.17. The van der Waals surface area contributed by atoms with Gasteiger partial charge in [0, 0.05) is 6.42 Å². The van der Waals surface area contributed by atoms with E-state index in [1.165, 1.54) is 0 Å². The van der Waals surface area contributed by atoms with Crippen LogP contribution in [0.1, 0.15) is 17.4 Å². The molecule has 0 aliphatic rings. The van der Waals surface area contributed by atoms with Crippen LogP contribution in [0.3, 0.4) is 0 Å². The number of aromatic nitrogens is 2. The van der Waals surface area contributed by atoms with Gasteiger partial charge in [-0.25, -0.2) is 0 Å². The van der Waals surface area contributed by atoms with Crippen molar-refractivity contribution < 1.29 is 10.0 Å². The zero-order valence-corrected chi connectivity index (χ0v) is 8.91. The van der Waals surface area contributed by atoms with Crippen LogP contribution in [0.4, 0.5) is 5.69 Å². The number of nitrogens with one attached hydrogen (secondary N) is 1. The number of aromatic amines is 1. The van der Waals surface area contributed by atoms with Crippen LogP contribution in [0.2, 0.25) is 0 Å². The molecule has 1 aromatic carbocycles. The lowest BCUT2D eigenvalue weighted by Gasteiger charge is -2.07. The van der Waals surface area contributed by atoms with Gasteiger partial charge in [0.25, 0.3) is 0 Å². The molecule has 0 radical (unpaired) electrons. The van der Waals surface area contributed by atoms with Crippen LogP contribution in [-0.2, 0) is 6.42 Å². The fourth-order valence-corrected chi connectivity index (χ4v) is 1.62. The molecule has 88 valence electrons. The highest BCUT2D eigenvalue weighted by Gasteiger charge is 2.22. The molecular weight excluding hydrogens is 222 g/mol. The van der Waals surface area contributed by atoms with Crippen LogP contribution in [0, 0.1) is 10.1 Å². The van der Waals surface area contributed by atoms with Crippen molar-refractivity contribution in [2.75, 3.05) is 0 Å². The fourth-order valence-electron chi connectivity index (χ4n) is 1.62. The molecule has 0 spiro atoms. The molecule has 0 aliphatic carbocycles. The summed E-state index contributed by atoms with van der Waals surface area (Å²) in [6.07, 6.45) is 0.452. The number of nitrogens with zero attached hydrogens (tertiary/aromatic N) is 2. The molecule has 0 fully saturated rings. The van der Waals surface area contributed by atoms with Crippen LogP contribution in [0.15, 0.2) is 36.5 Å². The van der Waals surface area contributed by atoms with E-state index in [-0.39, 0.29) is 11.4 Å². The Labute approximate surface area is 97.1 Å². The van der Waals surface area contributed by atoms with Gasteiger partial charge >= 0.3 is 5.69 Å². The molecule has 2 rings (SSSR count). The molecule has 17 heavy (non-hydrogen) atoms. The van der Waals surface area contributed by atoms with Gasteiger partial charge in [0.2, 0.25) is 0 Å². The van der Waals surface area contributed by atoms with Gasteiger partial charge in [-0.15, -0.1) is 0 Å². The van der Waals surface area contributed by atoms with E-state index in [1.807, 2.05) is 30.3 Å². The molecule has 2 aromatic rings. The molecule has 0 bridgehead atoms. The van der Waals surface area contributed by atoms with Crippen molar-refractivity contribution in [1.29, 1.82) is 0 Å². The smallest absolute Gasteiger partial charge is 0.312 e. The number of rotatable bonds is 4. The van der Waals surface area contributed by atoms with Gasteiger partial charge in [0.05, 0.1) is 4.92 Å². The standard InChI is InChI=1S/C11H11N3O3/c15-10(6-8-4-2-1-3-5-8)11-9(14(16)17)7-12-13-11/h1-5,7,10,15H,6H2,(H,12,13). The normalized spacial score (nSPS) is 12.3. The Morgan fingerprint density at radius 2 is 2.12 bits per heavy atom. The van der Waals surface area contributed by atoms with E-state index in [0.29, 0.717) is 6.42 Å². The Morgan fingerprint density at radius 1 is 1.41 bits per heavy atom. The molecule has 0 saturated heterocycles. The highest BCUT2D eigenvalue weighted by Crippen LogP contribution is 2.24. The summed E-state index contributed by atoms with van der Waals surface area (Å²) in [7, 11) is 0. The number of aliphatic hydroxyl groups is 1. The molecule has 1 unspecified atom stereocenters. The highest BCUT2D eigenvalue weighted by molar-refractivity contribution is 5.34. The van der Waals surface area contributed by atoms with Gasteiger partial charge in [0.1, 0.15) is 18.0 Å². The number of nitro groups is 1. The van der Waals surface area contributed by atoms with E-state index < -0.39 is 11.0 Å². The summed E-state index contributed by atoms with van der Waals surface area (Å²) in [4.78, 5) is 10.1. The van der Waals surface area contributed by atoms with Crippen molar-refractivity contribution in [1.82, 2.24) is 10.2 Å². The van der Waals surface area contributed by atoms with Crippen LogP contribution in [0.25, 0.3) is 0 Å². The third kappa shape index (κ3) is 2.48. The minimum Gasteiger partial charge on any atom is -0.386 e. The summed E-state index contributed by atoms with van der Waals surface area (Å²) < 4.78 is 0. The van der Waals surface area contributed by atoms with Gasteiger partial charge in [-0.2, -0.15) is 5.10 Å². The Bertz CT molecular complexity index is 510. The monoisotopic (exact) mass is 233 g/mol. The number of aliphatic hydroxyl groups excluding tert-OH is 1. The Hall–Kier alpha value is -2.21. The molecule has 1 heterocycles. The van der Waals surface area contributed by atoms with Crippen LogP contribution < -0.4 is 0 Å². The number of hydrogen-bond donors (Lipinski definition) is 2. The second-order valence-electron chi connectivity index (χ2n) is 3.63. The molecule has 1 aromatic heterocycles. The van der Waals surface area contributed by atoms with E-state index in [1.54, 1.807) is 0 Å². The number of benzene rings is 1. The zero-order chi connectivity index (χ0) is 12.3. The molecule has 2 N–H and O–H groups in total. The highest BCUT2D eigenvalue weighted by atomic mass is 16.6. The molecular formula is C11H11N3O3. The summed E-state index contributed by atoms with van der Waals surface area (Å²) in [5.41, 5.74) is 0.858. The van der Waals surface area contributed by atoms with E-state index in [0.717, 1.165) is 11.8 Å². The van der Waals surface area contributed by atoms with Crippen molar-refractivity contribution in [2.45, 2.75) is 12.5 Å². The first-order chi connectivity index (χ1) is 8.18. The van der Waals surface area contributed by atoms with Crippen LogP contribution in [-0.4, -0.2) is 20.2 Å². The van der Waals surface area contributed by atoms with E-state index in [4.69, 9.17) is 0 Å². The maximum Gasteiger partial charge on any atom is 0.312 e. The molecule has 6 nitrogen and oxygen atoms in total. The quantitative estimate of drug-likeness (QED) is 0.619. The SMILES string of the molecule is O=[N+]([O-])c1cn[nH]c1C(O)Cc1ccccc1. The van der Waals surface area contributed by atoms with E-state index in [9.17, 15) is 15.2 Å². The third-order valence-corrected chi connectivity index (χ3v) is 2.45. The summed E-state index contributed by atoms with van der Waals surface area (Å²) in [5, 5.41) is 26.6. The van der Waals surface area contributed by atoms with E-state index >= 15 is 0 Å². The van der Waals surface area contributed by atoms with Crippen LogP contribution in [0.5, 0.6) is 0 Å². The first-order valence-corrected chi connectivity index (χ1v) is 5.08. The Kier molecular flexibility index (Phi) is 3.15. The molecule has 0 amide bonds. The van der Waals surface area contributed by atoms with Crippen molar-refractivity contribution >= 4 is 5.69 Å². The minimum atomic E-state index is -0.958. The predicted octanol–water partition coefficient (Wildman–Crippen LogP) is 1.59. The molecule has 0 saturated carbocycles. The van der Waals surface area contributed by atoms with Crippen LogP contribution >= 0.6 is 0 Å². The summed E-state index contributed by atoms with van der Waals surface area (Å²) in [6, 6.07) is 9.28. The fraction of sp³-hybridized carbons (Fsp3) is 0.182. The third-order valence-electron chi connectivity index (χ3n) is 2.45. The van der Waals surface area contributed by atoms with Gasteiger partial charge in [-0.05, 0) is 5.56 Å². The van der Waals surface area contributed by atoms with Gasteiger partial charge < -0.3 is 5.11 Å². The average molecular weight is 233 g/mol. The second kappa shape index (κ2) is 4.75. The van der Waals surface area contributed by atoms with E-state index in [2.05, 4.69) is 10.2 Å². The largest absolute Gasteiger partial charge is 0.386 e. The first-order valence-electron chi connectivity index (χ1n) is 5.08. The van der Waals surface area contributed by atoms with Crippen molar-refractivity contribution in [2.24, 2.45) is 0 Å². The summed E-state index contributed by atoms with van der Waals surface area (Å²) in [5.74, 6) is 0. The van der Waals surface area contributed by atoms with Crippen molar-refractivity contribution in [3.8, 4) is 0 Å². The lowest BCUT2D eigenvalue weighted by Crippen LogP contribution is -2.05. The van der Waals surface area contributed by atoms with Crippen molar-refractivity contribution in [3.05, 3.63) is 57.9 Å². The summed E-state index contributed by atoms with van der Waals surface area (Å²) in [6.45, 7) is 0. The lowest BCUT2D eigenvalue weighted by molar-refractivity contribution is -0.386. The second-order valence-corrected chi connectivity index (χ2v) is 3.63. The van der Waals surface area contributed by atoms with Gasteiger partial charge in [-0.3, -0.25) is 15.2 Å². The number of H-pyrrole nitrogens is 1. The number of hydrogen-bond acceptors (Lipinski definition) is 4. The maximum absolute atomic E-state index is 10.7. The van der Waals surface area contributed by atoms with Crippen molar-refractivity contribution in [3.63, 3.8) is 0 Å². The van der Waals surface area contributed by atoms with Gasteiger partial charge in [0.15, 0.2) is 0 Å². The first kappa shape index (κ1) is 11.3. The minimum absolute atomic E-state index is 0.138. The average Bonchev–Trinajstić information content (AvgIpc) is 2.79.